The Morgan fingerprint density at radius 3 is 1.81 bits per heavy atom. The molecule has 0 bridgehead atoms. The average molecular weight is 608 g/mol. The first-order chi connectivity index (χ1) is 15.6. The predicted molar refractivity (Wildman–Crippen MR) is 108 cm³/mol. The van der Waals surface area contributed by atoms with Gasteiger partial charge in [0.25, 0.3) is 11.8 Å². The number of rotatable bonds is 11. The third kappa shape index (κ3) is 9.92. The number of ketones is 2. The zero-order valence-corrected chi connectivity index (χ0v) is 26.0. The van der Waals surface area contributed by atoms with Crippen molar-refractivity contribution in [3.05, 3.63) is 0 Å². The number of esters is 1. The molecule has 1 saturated carbocycles. The molecule has 190 valence electrons. The zero-order valence-electron chi connectivity index (χ0n) is 18.8. The molecule has 2 aliphatic rings. The van der Waals surface area contributed by atoms with Gasteiger partial charge in [-0.3, -0.25) is 24.0 Å². The molecule has 0 aromatic heterocycles. The van der Waals surface area contributed by atoms with Gasteiger partial charge in [0.15, 0.2) is 11.6 Å². The minimum atomic E-state index is -5.09. The summed E-state index contributed by atoms with van der Waals surface area (Å²) < 4.78 is 70.2. The van der Waals surface area contributed by atoms with Crippen LogP contribution in [0.4, 0.5) is 0 Å². The molecule has 1 heterocycles. The summed E-state index contributed by atoms with van der Waals surface area (Å²) in [6.45, 7) is 0. The fraction of sp³-hybridized carbons (Fsp3) is 0.600. The van der Waals surface area contributed by atoms with E-state index < -0.39 is 85.0 Å². The van der Waals surface area contributed by atoms with E-state index in [9.17, 15) is 54.7 Å². The van der Waals surface area contributed by atoms with Gasteiger partial charge in [-0.15, -0.1) is 5.06 Å². The van der Waals surface area contributed by atoms with Gasteiger partial charge in [-0.2, -0.15) is 0 Å². The van der Waals surface area contributed by atoms with Crippen LogP contribution in [-0.4, -0.2) is 94.4 Å². The summed E-state index contributed by atoms with van der Waals surface area (Å²) in [5, 5.41) is -4.29. The largest absolute Gasteiger partial charge is 1.00 e. The molecule has 1 aliphatic heterocycles. The maximum atomic E-state index is 11.8. The Morgan fingerprint density at radius 1 is 0.861 bits per heavy atom. The molecule has 1 aliphatic carbocycles. The van der Waals surface area contributed by atoms with Gasteiger partial charge in [0.2, 0.25) is 6.10 Å². The molecule has 15 nitrogen and oxygen atoms in total. The van der Waals surface area contributed by atoms with Crippen LogP contribution < -0.4 is 59.1 Å². The molecule has 0 N–H and O–H groups in total. The molecule has 3 atom stereocenters. The van der Waals surface area contributed by atoms with E-state index in [-0.39, 0.29) is 88.5 Å². The molecule has 0 aromatic carbocycles. The number of hydrogen-bond acceptors (Lipinski definition) is 16. The summed E-state index contributed by atoms with van der Waals surface area (Å²) in [6.07, 6.45) is -4.35. The van der Waals surface area contributed by atoms with Crippen LogP contribution in [0.15, 0.2) is 0 Å². The van der Waals surface area contributed by atoms with E-state index in [1.54, 1.807) is 0 Å². The summed E-state index contributed by atoms with van der Waals surface area (Å²) in [7, 11) is -8.02. The van der Waals surface area contributed by atoms with Crippen LogP contribution in [0.1, 0.15) is 25.7 Å². The number of nitrogens with zero attached hydrogens (tertiary/aromatic N) is 1. The van der Waals surface area contributed by atoms with Crippen LogP contribution in [0.5, 0.6) is 0 Å². The number of amides is 2. The summed E-state index contributed by atoms with van der Waals surface area (Å²) >= 11 is 0. The molecule has 0 aromatic rings. The molecular weight excluding hydrogens is 592 g/mol. The van der Waals surface area contributed by atoms with Crippen molar-refractivity contribution in [2.24, 2.45) is 0 Å². The number of hydrogen-bond donors (Lipinski definition) is 0. The summed E-state index contributed by atoms with van der Waals surface area (Å²) in [4.78, 5) is 74.7. The minimum absolute atomic E-state index is 0. The Kier molecular flexibility index (Phi) is 14.9. The van der Waals surface area contributed by atoms with Crippen molar-refractivity contribution in [1.82, 2.24) is 5.06 Å². The van der Waals surface area contributed by atoms with Gasteiger partial charge >= 0.3 is 71.1 Å². The number of hydroxylamine groups is 2. The number of carbonyl (C=O) groups is 6. The smallest absolute Gasteiger partial charge is 0.747 e. The van der Waals surface area contributed by atoms with Crippen LogP contribution in [0.3, 0.4) is 0 Å². The molecule has 0 radical (unpaired) electrons. The van der Waals surface area contributed by atoms with E-state index in [0.717, 1.165) is 21.6 Å². The molecule has 3 unspecified atom stereocenters. The van der Waals surface area contributed by atoms with E-state index in [1.165, 1.54) is 0 Å². The van der Waals surface area contributed by atoms with Crippen LogP contribution >= 0.6 is 21.6 Å². The molecule has 2 fully saturated rings. The number of ether oxygens (including phenoxy) is 1. The molecular formula is C15H15NNa2O14S4. The predicted octanol–water partition coefficient (Wildman–Crippen LogP) is -8.35. The maximum absolute atomic E-state index is 11.8. The first kappa shape index (κ1) is 35.9. The van der Waals surface area contributed by atoms with Crippen molar-refractivity contribution in [3.63, 3.8) is 0 Å². The Morgan fingerprint density at radius 2 is 1.36 bits per heavy atom. The van der Waals surface area contributed by atoms with Crippen LogP contribution in [0.2, 0.25) is 0 Å². The second-order valence-corrected chi connectivity index (χ2v) is 12.6. The second kappa shape index (κ2) is 14.9. The van der Waals surface area contributed by atoms with Gasteiger partial charge in [-0.1, -0.05) is 21.6 Å². The van der Waals surface area contributed by atoms with Gasteiger partial charge < -0.3 is 18.7 Å². The molecule has 2 amide bonds. The Labute approximate surface area is 256 Å². The third-order valence-electron chi connectivity index (χ3n) is 4.32. The van der Waals surface area contributed by atoms with E-state index in [1.807, 2.05) is 0 Å². The zero-order chi connectivity index (χ0) is 25.8. The number of carbonyl (C=O) groups excluding carboxylic acids is 6. The van der Waals surface area contributed by atoms with Crippen molar-refractivity contribution in [1.29, 1.82) is 0 Å². The van der Waals surface area contributed by atoms with Crippen LogP contribution in [0, 0.1) is 0 Å². The average Bonchev–Trinajstić information content (AvgIpc) is 3.15. The normalized spacial score (nSPS) is 22.2. The van der Waals surface area contributed by atoms with Gasteiger partial charge in [-0.25, -0.2) is 21.6 Å². The van der Waals surface area contributed by atoms with Crippen LogP contribution in [0.25, 0.3) is 0 Å². The van der Waals surface area contributed by atoms with Crippen molar-refractivity contribution in [2.75, 3.05) is 11.5 Å². The minimum Gasteiger partial charge on any atom is -0.747 e. The van der Waals surface area contributed by atoms with Gasteiger partial charge in [0, 0.05) is 17.9 Å². The van der Waals surface area contributed by atoms with Crippen molar-refractivity contribution in [3.8, 4) is 0 Å². The van der Waals surface area contributed by atoms with Gasteiger partial charge in [0.1, 0.15) is 30.7 Å². The van der Waals surface area contributed by atoms with Crippen molar-refractivity contribution < 1.29 is 123 Å². The quantitative estimate of drug-likeness (QED) is 0.0403. The topological polar surface area (TPSA) is 239 Å². The third-order valence-corrected chi connectivity index (χ3v) is 8.89. The van der Waals surface area contributed by atoms with Crippen molar-refractivity contribution in [2.45, 2.75) is 42.3 Å². The molecule has 1 saturated heterocycles. The van der Waals surface area contributed by atoms with Crippen LogP contribution in [-0.2, 0) is 58.6 Å². The number of imide groups is 1. The molecule has 36 heavy (non-hydrogen) atoms. The van der Waals surface area contributed by atoms with E-state index in [2.05, 4.69) is 9.57 Å². The van der Waals surface area contributed by atoms with E-state index in [4.69, 9.17) is 0 Å². The van der Waals surface area contributed by atoms with Gasteiger partial charge in [-0.05, 0) is 0 Å². The first-order valence-corrected chi connectivity index (χ1v) is 14.5. The Hall–Kier alpha value is -0.0600. The molecule has 2 rings (SSSR count). The summed E-state index contributed by atoms with van der Waals surface area (Å²) in [5.74, 6) is -6.77. The summed E-state index contributed by atoms with van der Waals surface area (Å²) in [6, 6.07) is 0. The monoisotopic (exact) mass is 607 g/mol. The van der Waals surface area contributed by atoms with Crippen molar-refractivity contribution >= 4 is 77.1 Å². The van der Waals surface area contributed by atoms with E-state index in [0.29, 0.717) is 0 Å². The Balaban J connectivity index is 0.00000612. The molecule has 21 heteroatoms. The molecule has 0 spiro atoms. The fourth-order valence-electron chi connectivity index (χ4n) is 2.70. The second-order valence-electron chi connectivity index (χ2n) is 6.74. The van der Waals surface area contributed by atoms with E-state index >= 15 is 0 Å². The first-order valence-electron chi connectivity index (χ1n) is 9.10. The maximum Gasteiger partial charge on any atom is 1.00 e. The fourth-order valence-corrected chi connectivity index (χ4v) is 6.10. The standard InChI is InChI=1S/C15H17NO14S4.2Na/c17-7-5-8(33(23,24)25)13(21)14(7)29-11(19)1-3-31-32-4-2-12(20)30-16-10(18)6-9(15(16)22)34(26,27)28;;/h8-9,14H,1-6H2,(H,23,24,25)(H,26,27,28);;/q;2*+1/p-2. The van der Waals surface area contributed by atoms with Gasteiger partial charge in [0.05, 0.1) is 19.3 Å². The summed E-state index contributed by atoms with van der Waals surface area (Å²) in [5.41, 5.74) is 0. The number of Topliss-reactive ketones (excluding diaryl/α,β-unsaturated/α-hetero) is 2. The SMILES string of the molecule is O=C(CCSSCCC(=O)ON1C(=O)CC(S(=O)(=O)[O-])C1=O)OC1C(=O)CC(S(=O)(=O)[O-])C1=O.[Na+].[Na+]. The Bertz CT molecular complexity index is 1040.